The van der Waals surface area contributed by atoms with E-state index < -0.39 is 12.2 Å². The van der Waals surface area contributed by atoms with Gasteiger partial charge in [-0.2, -0.15) is 4.99 Å². The molecule has 22 heavy (non-hydrogen) atoms. The first-order valence-electron chi connectivity index (χ1n) is 7.16. The number of carbonyl (C=O) groups is 2. The fraction of sp³-hybridized carbons (Fsp3) is 0.438. The van der Waals surface area contributed by atoms with E-state index in [4.69, 9.17) is 9.47 Å². The van der Waals surface area contributed by atoms with E-state index in [-0.39, 0.29) is 19.0 Å². The molecule has 0 saturated heterocycles. The van der Waals surface area contributed by atoms with E-state index in [1.165, 1.54) is 0 Å². The van der Waals surface area contributed by atoms with Crippen LogP contribution in [-0.2, 0) is 9.47 Å². The fourth-order valence-electron chi connectivity index (χ4n) is 2.21. The van der Waals surface area contributed by atoms with E-state index in [1.54, 1.807) is 13.8 Å². The number of aryl methyl sites for hydroxylation is 3. The Balaban J connectivity index is 3.26. The lowest BCUT2D eigenvalue weighted by Crippen LogP contribution is -2.33. The maximum Gasteiger partial charge on any atom is 0.435 e. The normalized spacial score (nSPS) is 11.0. The van der Waals surface area contributed by atoms with Crippen LogP contribution in [0.2, 0.25) is 0 Å². The first-order chi connectivity index (χ1) is 10.4. The molecule has 1 aromatic rings. The van der Waals surface area contributed by atoms with E-state index in [0.717, 1.165) is 16.7 Å². The Hall–Kier alpha value is -2.37. The molecule has 0 heterocycles. The third kappa shape index (κ3) is 4.87. The van der Waals surface area contributed by atoms with Crippen LogP contribution in [0.25, 0.3) is 0 Å². The van der Waals surface area contributed by atoms with Crippen LogP contribution < -0.4 is 5.32 Å². The van der Waals surface area contributed by atoms with E-state index in [1.807, 2.05) is 32.9 Å². The summed E-state index contributed by atoms with van der Waals surface area (Å²) >= 11 is 0. The van der Waals surface area contributed by atoms with Crippen LogP contribution in [0.5, 0.6) is 0 Å². The predicted octanol–water partition coefficient (Wildman–Crippen LogP) is 3.26. The van der Waals surface area contributed by atoms with Crippen molar-refractivity contribution >= 4 is 18.0 Å². The molecule has 1 aromatic carbocycles. The number of nitrogens with zero attached hydrogens (tertiary/aromatic N) is 1. The molecule has 0 fully saturated rings. The van der Waals surface area contributed by atoms with Crippen molar-refractivity contribution in [3.05, 3.63) is 34.4 Å². The molecule has 1 rings (SSSR count). The molecular weight excluding hydrogens is 284 g/mol. The number of rotatable bonds is 3. The summed E-state index contributed by atoms with van der Waals surface area (Å²) in [5.41, 5.74) is 3.58. The van der Waals surface area contributed by atoms with Gasteiger partial charge in [0.25, 0.3) is 0 Å². The van der Waals surface area contributed by atoms with E-state index in [2.05, 4.69) is 10.3 Å². The van der Waals surface area contributed by atoms with Gasteiger partial charge in [-0.25, -0.2) is 9.59 Å². The minimum Gasteiger partial charge on any atom is -0.450 e. The summed E-state index contributed by atoms with van der Waals surface area (Å²) in [6, 6.07) is 3.91. The molecule has 0 aromatic heterocycles. The van der Waals surface area contributed by atoms with Crippen molar-refractivity contribution in [3.63, 3.8) is 0 Å². The van der Waals surface area contributed by atoms with Crippen LogP contribution in [0, 0.1) is 20.8 Å². The number of nitrogens with one attached hydrogen (secondary N) is 1. The second-order valence-corrected chi connectivity index (χ2v) is 4.78. The van der Waals surface area contributed by atoms with Crippen molar-refractivity contribution in [2.75, 3.05) is 13.2 Å². The zero-order valence-electron chi connectivity index (χ0n) is 13.6. The second kappa shape index (κ2) is 8.17. The second-order valence-electron chi connectivity index (χ2n) is 4.78. The number of hydrogen-bond acceptors (Lipinski definition) is 4. The van der Waals surface area contributed by atoms with Gasteiger partial charge in [-0.1, -0.05) is 17.7 Å². The average molecular weight is 306 g/mol. The maximum atomic E-state index is 11.7. The molecule has 0 aliphatic carbocycles. The van der Waals surface area contributed by atoms with Gasteiger partial charge in [-0.3, -0.25) is 5.32 Å². The summed E-state index contributed by atoms with van der Waals surface area (Å²) in [4.78, 5) is 27.2. The number of benzene rings is 1. The molecule has 6 heteroatoms. The summed E-state index contributed by atoms with van der Waals surface area (Å²) in [6.45, 7) is 9.58. The highest BCUT2D eigenvalue weighted by Gasteiger charge is 2.16. The van der Waals surface area contributed by atoms with Gasteiger partial charge in [0.05, 0.1) is 13.2 Å². The molecule has 0 aliphatic heterocycles. The minimum absolute atomic E-state index is 0.131. The lowest BCUT2D eigenvalue weighted by Gasteiger charge is -2.14. The number of ether oxygens (including phenoxy) is 2. The van der Waals surface area contributed by atoms with Crippen molar-refractivity contribution in [1.82, 2.24) is 5.32 Å². The van der Waals surface area contributed by atoms with Crippen molar-refractivity contribution in [1.29, 1.82) is 0 Å². The Labute approximate surface area is 130 Å². The Morgan fingerprint density at radius 3 is 2.09 bits per heavy atom. The lowest BCUT2D eigenvalue weighted by molar-refractivity contribution is 0.157. The van der Waals surface area contributed by atoms with Crippen LogP contribution in [0.1, 0.15) is 36.1 Å². The molecular formula is C16H22N2O4. The largest absolute Gasteiger partial charge is 0.450 e. The summed E-state index contributed by atoms with van der Waals surface area (Å²) in [5.74, 6) is 0.131. The molecule has 1 N–H and O–H groups in total. The quantitative estimate of drug-likeness (QED) is 0.687. The Morgan fingerprint density at radius 2 is 1.59 bits per heavy atom. The molecule has 0 aliphatic rings. The van der Waals surface area contributed by atoms with Crippen LogP contribution in [-0.4, -0.2) is 31.2 Å². The first-order valence-corrected chi connectivity index (χ1v) is 7.16. The number of aliphatic imine (C=N–C) groups is 1. The van der Waals surface area contributed by atoms with Crippen molar-refractivity contribution in [2.45, 2.75) is 34.6 Å². The molecule has 6 nitrogen and oxygen atoms in total. The SMILES string of the molecule is CCOC(=O)N=C(NC(=O)OCC)c1c(C)cc(C)cc1C. The zero-order chi connectivity index (χ0) is 16.7. The van der Waals surface area contributed by atoms with Gasteiger partial charge in [0.1, 0.15) is 0 Å². The predicted molar refractivity (Wildman–Crippen MR) is 84.4 cm³/mol. The van der Waals surface area contributed by atoms with Gasteiger partial charge in [0.2, 0.25) is 0 Å². The molecule has 0 spiro atoms. The van der Waals surface area contributed by atoms with Crippen LogP contribution in [0.3, 0.4) is 0 Å². The van der Waals surface area contributed by atoms with Crippen molar-refractivity contribution < 1.29 is 19.1 Å². The van der Waals surface area contributed by atoms with Crippen LogP contribution in [0.15, 0.2) is 17.1 Å². The van der Waals surface area contributed by atoms with Crippen LogP contribution >= 0.6 is 0 Å². The Bertz CT molecular complexity index is 571. The van der Waals surface area contributed by atoms with E-state index in [9.17, 15) is 9.59 Å². The molecule has 120 valence electrons. The van der Waals surface area contributed by atoms with E-state index in [0.29, 0.717) is 5.56 Å². The monoisotopic (exact) mass is 306 g/mol. The summed E-state index contributed by atoms with van der Waals surface area (Å²) in [5, 5.41) is 2.51. The van der Waals surface area contributed by atoms with E-state index >= 15 is 0 Å². The molecule has 0 atom stereocenters. The van der Waals surface area contributed by atoms with Gasteiger partial charge >= 0.3 is 12.2 Å². The number of hydrogen-bond donors (Lipinski definition) is 1. The highest BCUT2D eigenvalue weighted by atomic mass is 16.6. The summed E-state index contributed by atoms with van der Waals surface area (Å²) in [7, 11) is 0. The zero-order valence-corrected chi connectivity index (χ0v) is 13.6. The van der Waals surface area contributed by atoms with Gasteiger partial charge in [0, 0.05) is 5.56 Å². The van der Waals surface area contributed by atoms with Gasteiger partial charge in [-0.15, -0.1) is 0 Å². The molecule has 0 saturated carbocycles. The number of amidine groups is 1. The highest BCUT2D eigenvalue weighted by molar-refractivity contribution is 6.11. The van der Waals surface area contributed by atoms with Crippen LogP contribution in [0.4, 0.5) is 9.59 Å². The number of amides is 2. The topological polar surface area (TPSA) is 77.0 Å². The molecule has 0 bridgehead atoms. The third-order valence-corrected chi connectivity index (χ3v) is 2.88. The standard InChI is InChI=1S/C16H22N2O4/c1-6-21-15(19)17-14(18-16(20)22-7-2)13-11(4)8-10(3)9-12(13)5/h8-9H,6-7H2,1-5H3,(H,17,18,19,20). The van der Waals surface area contributed by atoms with Gasteiger partial charge < -0.3 is 9.47 Å². The molecule has 0 unspecified atom stereocenters. The van der Waals surface area contributed by atoms with Crippen molar-refractivity contribution in [2.24, 2.45) is 4.99 Å². The smallest absolute Gasteiger partial charge is 0.435 e. The first kappa shape index (κ1) is 17.7. The highest BCUT2D eigenvalue weighted by Crippen LogP contribution is 2.17. The van der Waals surface area contributed by atoms with Gasteiger partial charge in [-0.05, 0) is 45.7 Å². The number of alkyl carbamates (subject to hydrolysis) is 1. The van der Waals surface area contributed by atoms with Crippen molar-refractivity contribution in [3.8, 4) is 0 Å². The number of carbonyl (C=O) groups excluding carboxylic acids is 2. The summed E-state index contributed by atoms with van der Waals surface area (Å²) < 4.78 is 9.68. The molecule has 0 radical (unpaired) electrons. The minimum atomic E-state index is -0.756. The summed E-state index contributed by atoms with van der Waals surface area (Å²) in [6.07, 6.45) is -1.42. The molecule has 2 amide bonds. The lowest BCUT2D eigenvalue weighted by atomic mass is 9.99. The third-order valence-electron chi connectivity index (χ3n) is 2.88. The average Bonchev–Trinajstić information content (AvgIpc) is 2.37. The Kier molecular flexibility index (Phi) is 6.56. The fourth-order valence-corrected chi connectivity index (χ4v) is 2.21. The maximum absolute atomic E-state index is 11.7. The Morgan fingerprint density at radius 1 is 1.05 bits per heavy atom. The van der Waals surface area contributed by atoms with Gasteiger partial charge in [0.15, 0.2) is 5.84 Å².